The summed E-state index contributed by atoms with van der Waals surface area (Å²) < 4.78 is 0. The lowest BCUT2D eigenvalue weighted by Crippen LogP contribution is -2.13. The summed E-state index contributed by atoms with van der Waals surface area (Å²) in [6.45, 7) is 3.43. The molecule has 3 heteroatoms. The fourth-order valence-corrected chi connectivity index (χ4v) is 1.36. The molecule has 2 aromatic rings. The van der Waals surface area contributed by atoms with E-state index in [9.17, 15) is 4.79 Å². The third-order valence-corrected chi connectivity index (χ3v) is 2.30. The average Bonchev–Trinajstić information content (AvgIpc) is 2.50. The molecule has 0 unspecified atom stereocenters. The van der Waals surface area contributed by atoms with Crippen LogP contribution >= 0.6 is 0 Å². The molecule has 0 aliphatic rings. The summed E-state index contributed by atoms with van der Waals surface area (Å²) in [5, 5.41) is 0. The molecule has 0 saturated heterocycles. The molecule has 0 aromatic heterocycles. The molecule has 19 heavy (non-hydrogen) atoms. The highest BCUT2D eigenvalue weighted by Crippen LogP contribution is 1.96. The fraction of sp³-hybridized carbons (Fsp3) is 0.188. The van der Waals surface area contributed by atoms with E-state index < -0.39 is 0 Å². The highest BCUT2D eigenvalue weighted by atomic mass is 16.6. The summed E-state index contributed by atoms with van der Waals surface area (Å²) in [7, 11) is 0. The summed E-state index contributed by atoms with van der Waals surface area (Å²) >= 11 is 0. The highest BCUT2D eigenvalue weighted by Gasteiger charge is 1.87. The van der Waals surface area contributed by atoms with Crippen molar-refractivity contribution in [2.75, 3.05) is 6.61 Å². The second-order valence-electron chi connectivity index (χ2n) is 3.77. The molecule has 0 radical (unpaired) electrons. The van der Waals surface area contributed by atoms with Gasteiger partial charge in [-0.3, -0.25) is 4.79 Å². The Morgan fingerprint density at radius 2 is 1.58 bits per heavy atom. The van der Waals surface area contributed by atoms with Gasteiger partial charge in [0.15, 0.2) is 0 Å². The molecule has 2 aromatic carbocycles. The van der Waals surface area contributed by atoms with Crippen LogP contribution in [0, 0.1) is 0 Å². The summed E-state index contributed by atoms with van der Waals surface area (Å²) in [5.74, 6) is 0. The van der Waals surface area contributed by atoms with E-state index >= 15 is 0 Å². The van der Waals surface area contributed by atoms with Crippen LogP contribution in [0.4, 0.5) is 0 Å². The van der Waals surface area contributed by atoms with E-state index in [-0.39, 0.29) is 0 Å². The van der Waals surface area contributed by atoms with Crippen molar-refractivity contribution >= 4 is 6.29 Å². The second kappa shape index (κ2) is 10.00. The standard InChI is InChI=1S/C9H13NO.C7H6O/c1-2-11-10-8-9-6-4-3-5-7-9;8-6-7-4-2-1-3-5-7/h3-7,10H,2,8H2,1H3;1-6H. The van der Waals surface area contributed by atoms with Gasteiger partial charge in [0, 0.05) is 12.1 Å². The Balaban J connectivity index is 0.000000200. The number of hydroxylamine groups is 1. The monoisotopic (exact) mass is 257 g/mol. The van der Waals surface area contributed by atoms with E-state index in [1.54, 1.807) is 12.1 Å². The second-order valence-corrected chi connectivity index (χ2v) is 3.77. The first-order valence-electron chi connectivity index (χ1n) is 6.25. The van der Waals surface area contributed by atoms with Crippen molar-refractivity contribution in [1.29, 1.82) is 0 Å². The molecule has 100 valence electrons. The zero-order valence-electron chi connectivity index (χ0n) is 11.1. The fourth-order valence-electron chi connectivity index (χ4n) is 1.36. The maximum Gasteiger partial charge on any atom is 0.150 e. The first kappa shape index (κ1) is 15.1. The topological polar surface area (TPSA) is 38.3 Å². The van der Waals surface area contributed by atoms with Crippen LogP contribution in [0.1, 0.15) is 22.8 Å². The maximum absolute atomic E-state index is 10.0. The smallest absolute Gasteiger partial charge is 0.150 e. The molecule has 3 nitrogen and oxygen atoms in total. The van der Waals surface area contributed by atoms with Crippen molar-refractivity contribution in [3.8, 4) is 0 Å². The first-order valence-corrected chi connectivity index (χ1v) is 6.25. The SMILES string of the molecule is CCONCc1ccccc1.O=Cc1ccccc1. The Morgan fingerprint density at radius 1 is 1.00 bits per heavy atom. The molecule has 0 amide bonds. The highest BCUT2D eigenvalue weighted by molar-refractivity contribution is 5.74. The van der Waals surface area contributed by atoms with Gasteiger partial charge in [-0.2, -0.15) is 5.48 Å². The van der Waals surface area contributed by atoms with Gasteiger partial charge in [0.1, 0.15) is 6.29 Å². The predicted molar refractivity (Wildman–Crippen MR) is 76.7 cm³/mol. The molecule has 0 aliphatic heterocycles. The summed E-state index contributed by atoms with van der Waals surface area (Å²) in [6.07, 6.45) is 0.833. The van der Waals surface area contributed by atoms with Crippen LogP contribution in [0.25, 0.3) is 0 Å². The quantitative estimate of drug-likeness (QED) is 0.508. The number of aldehydes is 1. The maximum atomic E-state index is 10.0. The van der Waals surface area contributed by atoms with E-state index in [2.05, 4.69) is 17.6 Å². The van der Waals surface area contributed by atoms with Gasteiger partial charge in [-0.1, -0.05) is 60.7 Å². The molecular weight excluding hydrogens is 238 g/mol. The zero-order chi connectivity index (χ0) is 13.8. The molecule has 0 spiro atoms. The Kier molecular flexibility index (Phi) is 7.94. The van der Waals surface area contributed by atoms with E-state index in [1.807, 2.05) is 43.3 Å². The van der Waals surface area contributed by atoms with Crippen LogP contribution < -0.4 is 5.48 Å². The van der Waals surface area contributed by atoms with Crippen molar-refractivity contribution < 1.29 is 9.63 Å². The molecule has 2 rings (SSSR count). The van der Waals surface area contributed by atoms with Gasteiger partial charge in [-0.25, -0.2) is 0 Å². The van der Waals surface area contributed by atoms with Gasteiger partial charge >= 0.3 is 0 Å². The van der Waals surface area contributed by atoms with Crippen LogP contribution in [0.3, 0.4) is 0 Å². The van der Waals surface area contributed by atoms with Gasteiger partial charge in [-0.15, -0.1) is 0 Å². The number of nitrogens with one attached hydrogen (secondary N) is 1. The Bertz CT molecular complexity index is 443. The van der Waals surface area contributed by atoms with Crippen molar-refractivity contribution in [3.05, 3.63) is 71.8 Å². The third kappa shape index (κ3) is 7.13. The van der Waals surface area contributed by atoms with Gasteiger partial charge in [0.05, 0.1) is 6.61 Å². The molecule has 0 bridgehead atoms. The van der Waals surface area contributed by atoms with Crippen molar-refractivity contribution in [1.82, 2.24) is 5.48 Å². The van der Waals surface area contributed by atoms with Crippen molar-refractivity contribution in [2.24, 2.45) is 0 Å². The summed E-state index contributed by atoms with van der Waals surface area (Å²) in [4.78, 5) is 15.0. The molecule has 0 fully saturated rings. The molecule has 1 N–H and O–H groups in total. The van der Waals surface area contributed by atoms with Gasteiger partial charge < -0.3 is 4.84 Å². The van der Waals surface area contributed by atoms with E-state index in [1.165, 1.54) is 5.56 Å². The Morgan fingerprint density at radius 3 is 2.05 bits per heavy atom. The molecule has 0 aliphatic carbocycles. The minimum atomic E-state index is 0.701. The normalized spacial score (nSPS) is 9.32. The van der Waals surface area contributed by atoms with E-state index in [0.717, 1.165) is 18.4 Å². The van der Waals surface area contributed by atoms with Gasteiger partial charge in [-0.05, 0) is 12.5 Å². The Labute approximate surface area is 114 Å². The lowest BCUT2D eigenvalue weighted by Gasteiger charge is -2.02. The minimum Gasteiger partial charge on any atom is -0.302 e. The van der Waals surface area contributed by atoms with Crippen molar-refractivity contribution in [2.45, 2.75) is 13.5 Å². The number of hydrogen-bond donors (Lipinski definition) is 1. The number of carbonyl (C=O) groups excluding carboxylic acids is 1. The Hall–Kier alpha value is -1.97. The number of hydrogen-bond acceptors (Lipinski definition) is 3. The minimum absolute atomic E-state index is 0.701. The number of carbonyl (C=O) groups is 1. The van der Waals surface area contributed by atoms with Gasteiger partial charge in [0.2, 0.25) is 0 Å². The third-order valence-electron chi connectivity index (χ3n) is 2.30. The first-order chi connectivity index (χ1) is 9.36. The predicted octanol–water partition coefficient (Wildman–Crippen LogP) is 3.23. The molecular formula is C16H19NO2. The number of benzene rings is 2. The van der Waals surface area contributed by atoms with Crippen LogP contribution in [0.5, 0.6) is 0 Å². The largest absolute Gasteiger partial charge is 0.302 e. The summed E-state index contributed by atoms with van der Waals surface area (Å²) in [6, 6.07) is 19.3. The van der Waals surface area contributed by atoms with Crippen LogP contribution in [0.15, 0.2) is 60.7 Å². The molecule has 0 saturated carbocycles. The van der Waals surface area contributed by atoms with Crippen molar-refractivity contribution in [3.63, 3.8) is 0 Å². The number of rotatable bonds is 5. The average molecular weight is 257 g/mol. The van der Waals surface area contributed by atoms with Crippen LogP contribution in [-0.2, 0) is 11.4 Å². The van der Waals surface area contributed by atoms with E-state index in [0.29, 0.717) is 6.61 Å². The van der Waals surface area contributed by atoms with Crippen LogP contribution in [0.2, 0.25) is 0 Å². The lowest BCUT2D eigenvalue weighted by molar-refractivity contribution is 0.0463. The summed E-state index contributed by atoms with van der Waals surface area (Å²) in [5.41, 5.74) is 4.82. The van der Waals surface area contributed by atoms with Crippen LogP contribution in [-0.4, -0.2) is 12.9 Å². The van der Waals surface area contributed by atoms with Gasteiger partial charge in [0.25, 0.3) is 0 Å². The molecule has 0 atom stereocenters. The zero-order valence-corrected chi connectivity index (χ0v) is 11.1. The molecule has 0 heterocycles. The lowest BCUT2D eigenvalue weighted by atomic mass is 10.2. The van der Waals surface area contributed by atoms with E-state index in [4.69, 9.17) is 4.84 Å².